The normalized spacial score (nSPS) is 15.1. The molecule has 0 radical (unpaired) electrons. The highest BCUT2D eigenvalue weighted by atomic mass is 19.4. The Balaban J connectivity index is 2.65. The highest BCUT2D eigenvalue weighted by Gasteiger charge is 2.30. The lowest BCUT2D eigenvalue weighted by Crippen LogP contribution is -2.17. The maximum absolute atomic E-state index is 12.5. The molecule has 5 heteroatoms. The number of pyridine rings is 1. The number of halogens is 3. The smallest absolute Gasteiger partial charge is 0.323 e. The van der Waals surface area contributed by atoms with Gasteiger partial charge in [-0.25, -0.2) is 0 Å². The van der Waals surface area contributed by atoms with E-state index in [-0.39, 0.29) is 6.04 Å². The molecule has 0 aliphatic rings. The minimum atomic E-state index is -4.34. The second kappa shape index (κ2) is 7.62. The third-order valence-electron chi connectivity index (χ3n) is 3.62. The van der Waals surface area contributed by atoms with Gasteiger partial charge >= 0.3 is 6.18 Å². The summed E-state index contributed by atoms with van der Waals surface area (Å²) >= 11 is 0. The number of hydrogen-bond donors (Lipinski definition) is 1. The summed E-state index contributed by atoms with van der Waals surface area (Å²) in [6.45, 7) is 4.26. The Bertz CT molecular complexity index is 387. The van der Waals surface area contributed by atoms with Crippen LogP contribution in [0.25, 0.3) is 0 Å². The average molecular weight is 288 g/mol. The molecule has 2 unspecified atom stereocenters. The molecule has 1 aromatic rings. The molecule has 1 heterocycles. The van der Waals surface area contributed by atoms with E-state index in [1.165, 1.54) is 6.07 Å². The molecule has 1 rings (SSSR count). The molecule has 114 valence electrons. The van der Waals surface area contributed by atoms with E-state index in [0.29, 0.717) is 11.6 Å². The first kappa shape index (κ1) is 17.0. The lowest BCUT2D eigenvalue weighted by atomic mass is 9.91. The summed E-state index contributed by atoms with van der Waals surface area (Å²) in [5.41, 5.74) is 5.86. The van der Waals surface area contributed by atoms with Crippen molar-refractivity contribution < 1.29 is 13.2 Å². The van der Waals surface area contributed by atoms with Gasteiger partial charge in [0.1, 0.15) is 0 Å². The van der Waals surface area contributed by atoms with Crippen LogP contribution in [0.2, 0.25) is 0 Å². The highest BCUT2D eigenvalue weighted by molar-refractivity contribution is 5.18. The molecule has 0 aromatic carbocycles. The van der Waals surface area contributed by atoms with Crippen molar-refractivity contribution in [3.63, 3.8) is 0 Å². The van der Waals surface area contributed by atoms with Crippen LogP contribution >= 0.6 is 0 Å². The SMILES string of the molecule is CCCCC(CC)CC(N)c1ccc(C(F)(F)F)cn1. The first-order chi connectivity index (χ1) is 9.38. The van der Waals surface area contributed by atoms with Gasteiger partial charge in [-0.3, -0.25) is 4.98 Å². The van der Waals surface area contributed by atoms with E-state index in [2.05, 4.69) is 18.8 Å². The van der Waals surface area contributed by atoms with Gasteiger partial charge in [0, 0.05) is 12.2 Å². The molecule has 20 heavy (non-hydrogen) atoms. The zero-order valence-corrected chi connectivity index (χ0v) is 12.1. The molecule has 1 aromatic heterocycles. The molecule has 2 N–H and O–H groups in total. The third kappa shape index (κ3) is 5.12. The van der Waals surface area contributed by atoms with Gasteiger partial charge in [-0.2, -0.15) is 13.2 Å². The number of nitrogens with zero attached hydrogens (tertiary/aromatic N) is 1. The van der Waals surface area contributed by atoms with Gasteiger partial charge in [0.2, 0.25) is 0 Å². The molecular formula is C15H23F3N2. The molecule has 0 aliphatic carbocycles. The van der Waals surface area contributed by atoms with Crippen molar-refractivity contribution in [1.82, 2.24) is 4.98 Å². The number of nitrogens with two attached hydrogens (primary N) is 1. The third-order valence-corrected chi connectivity index (χ3v) is 3.62. The molecule has 0 aliphatic heterocycles. The van der Waals surface area contributed by atoms with Crippen LogP contribution in [-0.2, 0) is 6.18 Å². The molecule has 0 bridgehead atoms. The largest absolute Gasteiger partial charge is 0.417 e. The summed E-state index contributed by atoms with van der Waals surface area (Å²) < 4.78 is 37.4. The van der Waals surface area contributed by atoms with E-state index in [1.807, 2.05) is 0 Å². The van der Waals surface area contributed by atoms with Gasteiger partial charge < -0.3 is 5.73 Å². The minimum absolute atomic E-state index is 0.293. The molecule has 0 amide bonds. The van der Waals surface area contributed by atoms with Crippen molar-refractivity contribution >= 4 is 0 Å². The Kier molecular flexibility index (Phi) is 6.46. The van der Waals surface area contributed by atoms with Gasteiger partial charge in [-0.1, -0.05) is 39.5 Å². The Morgan fingerprint density at radius 3 is 2.40 bits per heavy atom. The standard InChI is InChI=1S/C15H23F3N2/c1-3-5-6-11(4-2)9-13(19)14-8-7-12(10-20-14)15(16,17)18/h7-8,10-11,13H,3-6,9,19H2,1-2H3. The van der Waals surface area contributed by atoms with Crippen molar-refractivity contribution in [2.24, 2.45) is 11.7 Å². The number of alkyl halides is 3. The second-order valence-electron chi connectivity index (χ2n) is 5.23. The summed E-state index contributed by atoms with van der Waals surface area (Å²) in [7, 11) is 0. The fourth-order valence-electron chi connectivity index (χ4n) is 2.25. The fourth-order valence-corrected chi connectivity index (χ4v) is 2.25. The van der Waals surface area contributed by atoms with E-state index in [9.17, 15) is 13.2 Å². The maximum atomic E-state index is 12.5. The maximum Gasteiger partial charge on any atom is 0.417 e. The van der Waals surface area contributed by atoms with E-state index in [4.69, 9.17) is 5.73 Å². The molecule has 0 spiro atoms. The predicted octanol–water partition coefficient (Wildman–Crippen LogP) is 4.71. The summed E-state index contributed by atoms with van der Waals surface area (Å²) in [5.74, 6) is 0.508. The van der Waals surface area contributed by atoms with Crippen molar-refractivity contribution in [1.29, 1.82) is 0 Å². The van der Waals surface area contributed by atoms with Gasteiger partial charge in [-0.05, 0) is 24.5 Å². The summed E-state index contributed by atoms with van der Waals surface area (Å²) in [6.07, 6.45) is 1.74. The van der Waals surface area contributed by atoms with E-state index >= 15 is 0 Å². The summed E-state index contributed by atoms with van der Waals surface area (Å²) in [6, 6.07) is 2.15. The van der Waals surface area contributed by atoms with Crippen LogP contribution in [-0.4, -0.2) is 4.98 Å². The monoisotopic (exact) mass is 288 g/mol. The highest BCUT2D eigenvalue weighted by Crippen LogP contribution is 2.30. The Morgan fingerprint density at radius 2 is 1.95 bits per heavy atom. The number of rotatable bonds is 7. The van der Waals surface area contributed by atoms with Crippen LogP contribution in [0.1, 0.15) is 63.3 Å². The molecule has 0 saturated carbocycles. The Morgan fingerprint density at radius 1 is 1.25 bits per heavy atom. The van der Waals surface area contributed by atoms with Crippen LogP contribution in [0.15, 0.2) is 18.3 Å². The zero-order chi connectivity index (χ0) is 15.2. The summed E-state index contributed by atoms with van der Waals surface area (Å²) in [4.78, 5) is 3.87. The van der Waals surface area contributed by atoms with Crippen LogP contribution in [0, 0.1) is 5.92 Å². The second-order valence-corrected chi connectivity index (χ2v) is 5.23. The Hall–Kier alpha value is -1.10. The van der Waals surface area contributed by atoms with Crippen LogP contribution in [0.4, 0.5) is 13.2 Å². The first-order valence-corrected chi connectivity index (χ1v) is 7.17. The predicted molar refractivity (Wildman–Crippen MR) is 74.1 cm³/mol. The van der Waals surface area contributed by atoms with E-state index in [0.717, 1.165) is 44.4 Å². The first-order valence-electron chi connectivity index (χ1n) is 7.17. The van der Waals surface area contributed by atoms with Crippen molar-refractivity contribution in [2.45, 2.75) is 58.2 Å². The van der Waals surface area contributed by atoms with Crippen LogP contribution < -0.4 is 5.73 Å². The zero-order valence-electron chi connectivity index (χ0n) is 12.1. The number of unbranched alkanes of at least 4 members (excludes halogenated alkanes) is 1. The molecule has 0 fully saturated rings. The average Bonchev–Trinajstić information content (AvgIpc) is 2.42. The topological polar surface area (TPSA) is 38.9 Å². The van der Waals surface area contributed by atoms with Crippen LogP contribution in [0.3, 0.4) is 0 Å². The van der Waals surface area contributed by atoms with Crippen molar-refractivity contribution in [3.8, 4) is 0 Å². The lowest BCUT2D eigenvalue weighted by molar-refractivity contribution is -0.137. The molecule has 0 saturated heterocycles. The molecular weight excluding hydrogens is 265 g/mol. The van der Waals surface area contributed by atoms with Gasteiger partial charge in [0.25, 0.3) is 0 Å². The van der Waals surface area contributed by atoms with Crippen molar-refractivity contribution in [2.75, 3.05) is 0 Å². The number of hydrogen-bond acceptors (Lipinski definition) is 2. The Labute approximate surface area is 118 Å². The van der Waals surface area contributed by atoms with Crippen molar-refractivity contribution in [3.05, 3.63) is 29.6 Å². The minimum Gasteiger partial charge on any atom is -0.323 e. The van der Waals surface area contributed by atoms with Gasteiger partial charge in [0.05, 0.1) is 11.3 Å². The fraction of sp³-hybridized carbons (Fsp3) is 0.667. The number of aromatic nitrogens is 1. The molecule has 2 nitrogen and oxygen atoms in total. The van der Waals surface area contributed by atoms with E-state index in [1.54, 1.807) is 0 Å². The quantitative estimate of drug-likeness (QED) is 0.789. The lowest BCUT2D eigenvalue weighted by Gasteiger charge is -2.19. The summed E-state index contributed by atoms with van der Waals surface area (Å²) in [5, 5.41) is 0. The molecule has 2 atom stereocenters. The van der Waals surface area contributed by atoms with Gasteiger partial charge in [-0.15, -0.1) is 0 Å². The van der Waals surface area contributed by atoms with E-state index < -0.39 is 11.7 Å². The van der Waals surface area contributed by atoms with Crippen LogP contribution in [0.5, 0.6) is 0 Å². The van der Waals surface area contributed by atoms with Gasteiger partial charge in [0.15, 0.2) is 0 Å².